The van der Waals surface area contributed by atoms with Gasteiger partial charge >= 0.3 is 0 Å². The van der Waals surface area contributed by atoms with Crippen LogP contribution in [-0.4, -0.2) is 10.9 Å². The highest BCUT2D eigenvalue weighted by atomic mass is 16.3. The molecule has 3 N–H and O–H groups in total. The van der Waals surface area contributed by atoms with Crippen LogP contribution in [0.25, 0.3) is 6.08 Å². The van der Waals surface area contributed by atoms with Crippen molar-refractivity contribution in [1.29, 1.82) is 0 Å². The molecule has 0 aliphatic heterocycles. The highest BCUT2D eigenvalue weighted by Crippen LogP contribution is 2.17. The number of benzene rings is 2. The molecule has 0 saturated carbocycles. The number of hydrogen-bond donors (Lipinski definition) is 2. The van der Waals surface area contributed by atoms with Gasteiger partial charge in [-0.1, -0.05) is 30.3 Å². The van der Waals surface area contributed by atoms with Crippen molar-refractivity contribution in [2.45, 2.75) is 0 Å². The second-order valence-corrected chi connectivity index (χ2v) is 3.88. The lowest BCUT2D eigenvalue weighted by molar-refractivity contribution is 0.104. The molecule has 3 heteroatoms. The van der Waals surface area contributed by atoms with E-state index in [1.54, 1.807) is 36.4 Å². The number of carbonyl (C=O) groups excluding carboxylic acids is 1. The quantitative estimate of drug-likeness (QED) is 0.492. The average molecular weight is 239 g/mol. The van der Waals surface area contributed by atoms with Crippen molar-refractivity contribution in [2.24, 2.45) is 0 Å². The summed E-state index contributed by atoms with van der Waals surface area (Å²) in [7, 11) is 0. The maximum absolute atomic E-state index is 11.8. The Kier molecular flexibility index (Phi) is 3.44. The Bertz CT molecular complexity index is 586. The minimum Gasteiger partial charge on any atom is -0.507 e. The van der Waals surface area contributed by atoms with Crippen LogP contribution in [0.4, 0.5) is 5.69 Å². The van der Waals surface area contributed by atoms with Crippen molar-refractivity contribution in [2.75, 3.05) is 5.73 Å². The predicted molar refractivity (Wildman–Crippen MR) is 72.3 cm³/mol. The zero-order valence-electron chi connectivity index (χ0n) is 9.71. The number of nitrogens with two attached hydrogens (primary N) is 1. The Hall–Kier alpha value is -2.55. The second kappa shape index (κ2) is 5.19. The van der Waals surface area contributed by atoms with E-state index in [-0.39, 0.29) is 11.5 Å². The summed E-state index contributed by atoms with van der Waals surface area (Å²) in [5.74, 6) is -0.241. The number of hydrogen-bond acceptors (Lipinski definition) is 3. The van der Waals surface area contributed by atoms with E-state index in [2.05, 4.69) is 0 Å². The van der Waals surface area contributed by atoms with Crippen LogP contribution in [0.1, 0.15) is 15.9 Å². The Labute approximate surface area is 105 Å². The third-order valence-electron chi connectivity index (χ3n) is 2.53. The van der Waals surface area contributed by atoms with Crippen molar-refractivity contribution in [3.05, 3.63) is 65.7 Å². The normalized spacial score (nSPS) is 10.7. The fraction of sp³-hybridized carbons (Fsp3) is 0. The van der Waals surface area contributed by atoms with Gasteiger partial charge < -0.3 is 10.8 Å². The largest absolute Gasteiger partial charge is 0.507 e. The van der Waals surface area contributed by atoms with Gasteiger partial charge in [0.15, 0.2) is 5.78 Å². The molecule has 18 heavy (non-hydrogen) atoms. The molecule has 2 aromatic rings. The first-order valence-corrected chi connectivity index (χ1v) is 5.53. The number of aromatic hydroxyl groups is 1. The van der Waals surface area contributed by atoms with Gasteiger partial charge in [-0.25, -0.2) is 0 Å². The van der Waals surface area contributed by atoms with Crippen molar-refractivity contribution < 1.29 is 9.90 Å². The summed E-state index contributed by atoms with van der Waals surface area (Å²) < 4.78 is 0. The minimum absolute atomic E-state index is 0.00976. The molecule has 0 radical (unpaired) electrons. The van der Waals surface area contributed by atoms with Gasteiger partial charge in [-0.2, -0.15) is 0 Å². The number of allylic oxidation sites excluding steroid dienone is 1. The monoisotopic (exact) mass is 239 g/mol. The zero-order chi connectivity index (χ0) is 13.0. The third-order valence-corrected chi connectivity index (χ3v) is 2.53. The molecule has 0 spiro atoms. The van der Waals surface area contributed by atoms with E-state index in [4.69, 9.17) is 5.73 Å². The van der Waals surface area contributed by atoms with Gasteiger partial charge in [-0.05, 0) is 35.9 Å². The number of phenols is 1. The van der Waals surface area contributed by atoms with E-state index in [9.17, 15) is 9.90 Å². The smallest absolute Gasteiger partial charge is 0.189 e. The van der Waals surface area contributed by atoms with E-state index in [0.717, 1.165) is 5.56 Å². The lowest BCUT2D eigenvalue weighted by atomic mass is 10.1. The van der Waals surface area contributed by atoms with Crippen molar-refractivity contribution in [3.8, 4) is 5.75 Å². The molecule has 2 aromatic carbocycles. The molecule has 2 rings (SSSR count). The minimum atomic E-state index is -0.232. The van der Waals surface area contributed by atoms with Gasteiger partial charge in [-0.3, -0.25) is 4.79 Å². The molecule has 90 valence electrons. The fourth-order valence-corrected chi connectivity index (χ4v) is 1.55. The molecule has 0 aliphatic carbocycles. The summed E-state index contributed by atoms with van der Waals surface area (Å²) in [5.41, 5.74) is 7.43. The van der Waals surface area contributed by atoms with Crippen LogP contribution in [-0.2, 0) is 0 Å². The SMILES string of the molecule is Nc1ccc(/C=C/C(=O)c2ccccc2O)cc1. The van der Waals surface area contributed by atoms with Crippen LogP contribution in [0.15, 0.2) is 54.6 Å². The van der Waals surface area contributed by atoms with E-state index in [1.807, 2.05) is 12.1 Å². The molecule has 0 aromatic heterocycles. The van der Waals surface area contributed by atoms with Gasteiger partial charge in [0.2, 0.25) is 0 Å². The van der Waals surface area contributed by atoms with Crippen molar-refractivity contribution >= 4 is 17.5 Å². The van der Waals surface area contributed by atoms with Crippen LogP contribution in [0.2, 0.25) is 0 Å². The van der Waals surface area contributed by atoms with Gasteiger partial charge in [0.25, 0.3) is 0 Å². The molecule has 0 aliphatic rings. The van der Waals surface area contributed by atoms with Crippen LogP contribution < -0.4 is 5.73 Å². The molecule has 0 unspecified atom stereocenters. The molecular formula is C15H13NO2. The van der Waals surface area contributed by atoms with Crippen molar-refractivity contribution in [1.82, 2.24) is 0 Å². The van der Waals surface area contributed by atoms with Crippen molar-refractivity contribution in [3.63, 3.8) is 0 Å². The number of para-hydroxylation sites is 1. The molecule has 0 fully saturated rings. The first-order chi connectivity index (χ1) is 8.66. The van der Waals surface area contributed by atoms with E-state index < -0.39 is 0 Å². The maximum atomic E-state index is 11.8. The summed E-state index contributed by atoms with van der Waals surface area (Å²) in [4.78, 5) is 11.8. The average Bonchev–Trinajstić information content (AvgIpc) is 2.38. The van der Waals surface area contributed by atoms with Gasteiger partial charge in [0.1, 0.15) is 5.75 Å². The summed E-state index contributed by atoms with van der Waals surface area (Å²) >= 11 is 0. The third kappa shape index (κ3) is 2.77. The maximum Gasteiger partial charge on any atom is 0.189 e. The highest BCUT2D eigenvalue weighted by Gasteiger charge is 2.06. The number of ketones is 1. The molecule has 0 amide bonds. The lowest BCUT2D eigenvalue weighted by Gasteiger charge is -1.99. The van der Waals surface area contributed by atoms with Gasteiger partial charge in [0, 0.05) is 5.69 Å². The molecule has 3 nitrogen and oxygen atoms in total. The number of carbonyl (C=O) groups is 1. The molecule has 0 bridgehead atoms. The van der Waals surface area contributed by atoms with Crippen LogP contribution >= 0.6 is 0 Å². The van der Waals surface area contributed by atoms with E-state index in [0.29, 0.717) is 11.3 Å². The Morgan fingerprint density at radius 2 is 1.72 bits per heavy atom. The topological polar surface area (TPSA) is 63.3 Å². The van der Waals surface area contributed by atoms with Gasteiger partial charge in [0.05, 0.1) is 5.56 Å². The molecular weight excluding hydrogens is 226 g/mol. The second-order valence-electron chi connectivity index (χ2n) is 3.88. The van der Waals surface area contributed by atoms with E-state index >= 15 is 0 Å². The summed E-state index contributed by atoms with van der Waals surface area (Å²) in [6, 6.07) is 13.7. The van der Waals surface area contributed by atoms with E-state index in [1.165, 1.54) is 12.1 Å². The summed E-state index contributed by atoms with van der Waals surface area (Å²) in [6.45, 7) is 0. The first-order valence-electron chi connectivity index (χ1n) is 5.53. The Morgan fingerprint density at radius 1 is 1.06 bits per heavy atom. The van der Waals surface area contributed by atoms with Gasteiger partial charge in [-0.15, -0.1) is 0 Å². The zero-order valence-corrected chi connectivity index (χ0v) is 9.71. The number of nitrogen functional groups attached to an aromatic ring is 1. The first kappa shape index (κ1) is 11.9. The summed E-state index contributed by atoms with van der Waals surface area (Å²) in [5, 5.41) is 9.54. The fourth-order valence-electron chi connectivity index (χ4n) is 1.55. The Morgan fingerprint density at radius 3 is 2.39 bits per heavy atom. The highest BCUT2D eigenvalue weighted by molar-refractivity contribution is 6.08. The predicted octanol–water partition coefficient (Wildman–Crippen LogP) is 2.87. The lowest BCUT2D eigenvalue weighted by Crippen LogP contribution is -1.94. The van der Waals surface area contributed by atoms with Crippen LogP contribution in [0.5, 0.6) is 5.75 Å². The molecule has 0 atom stereocenters. The number of phenolic OH excluding ortho intramolecular Hbond substituents is 1. The molecule has 0 saturated heterocycles. The summed E-state index contributed by atoms with van der Waals surface area (Å²) in [6.07, 6.45) is 3.12. The standard InChI is InChI=1S/C15H13NO2/c16-12-8-5-11(6-9-12)7-10-15(18)13-3-1-2-4-14(13)17/h1-10,17H,16H2/b10-7+. The van der Waals surface area contributed by atoms with Crippen LogP contribution in [0, 0.1) is 0 Å². The molecule has 0 heterocycles. The number of rotatable bonds is 3. The Balaban J connectivity index is 2.17. The van der Waals surface area contributed by atoms with Crippen LogP contribution in [0.3, 0.4) is 0 Å². The number of anilines is 1.